The van der Waals surface area contributed by atoms with Gasteiger partial charge in [-0.25, -0.2) is 0 Å². The van der Waals surface area contributed by atoms with Gasteiger partial charge in [-0.2, -0.15) is 0 Å². The Balaban J connectivity index is 1.41. The second kappa shape index (κ2) is 9.49. The Morgan fingerprint density at radius 3 is 2.73 bits per heavy atom. The summed E-state index contributed by atoms with van der Waals surface area (Å²) >= 11 is 6.81. The number of benzene rings is 1. The number of hydrogen-bond acceptors (Lipinski definition) is 5. The van der Waals surface area contributed by atoms with Gasteiger partial charge in [0.1, 0.15) is 10.9 Å². The number of fused-ring (bicyclic) bond motifs is 1. The van der Waals surface area contributed by atoms with E-state index >= 15 is 0 Å². The van der Waals surface area contributed by atoms with Crippen LogP contribution in [0.5, 0.6) is 0 Å². The molecule has 33 heavy (non-hydrogen) atoms. The van der Waals surface area contributed by atoms with Gasteiger partial charge >= 0.3 is 0 Å². The molecule has 0 N–H and O–H groups in total. The second-order valence-corrected chi connectivity index (χ2v) is 9.98. The number of aromatic nitrogens is 2. The topological polar surface area (TPSA) is 58.4 Å². The summed E-state index contributed by atoms with van der Waals surface area (Å²) < 4.78 is 2.54. The first-order valence-electron chi connectivity index (χ1n) is 11.1. The Bertz CT molecular complexity index is 1250. The number of piperidine rings is 1. The van der Waals surface area contributed by atoms with Gasteiger partial charge in [-0.05, 0) is 43.0 Å². The van der Waals surface area contributed by atoms with Crippen LogP contribution in [0.3, 0.4) is 0 Å². The summed E-state index contributed by atoms with van der Waals surface area (Å²) in [6.45, 7) is 2.38. The largest absolute Gasteiger partial charge is 0.341 e. The predicted molar refractivity (Wildman–Crippen MR) is 135 cm³/mol. The van der Waals surface area contributed by atoms with Gasteiger partial charge in [-0.1, -0.05) is 48.2 Å². The van der Waals surface area contributed by atoms with E-state index < -0.39 is 0 Å². The summed E-state index contributed by atoms with van der Waals surface area (Å²) in [5.41, 5.74) is 2.83. The summed E-state index contributed by atoms with van der Waals surface area (Å²) in [6, 6.07) is 11.8. The Labute approximate surface area is 202 Å². The molecule has 4 heterocycles. The molecule has 2 fully saturated rings. The van der Waals surface area contributed by atoms with Crippen molar-refractivity contribution in [2.45, 2.75) is 32.4 Å². The highest BCUT2D eigenvalue weighted by atomic mass is 32.2. The van der Waals surface area contributed by atoms with Crippen molar-refractivity contribution >= 4 is 57.1 Å². The molecule has 5 rings (SSSR count). The van der Waals surface area contributed by atoms with Crippen LogP contribution < -0.4 is 0 Å². The first-order chi connectivity index (χ1) is 16.1. The van der Waals surface area contributed by atoms with Crippen LogP contribution in [0.1, 0.15) is 30.4 Å². The van der Waals surface area contributed by atoms with Gasteiger partial charge in [0, 0.05) is 48.1 Å². The molecule has 8 heteroatoms. The van der Waals surface area contributed by atoms with Crippen LogP contribution >= 0.6 is 24.0 Å². The zero-order chi connectivity index (χ0) is 22.8. The Kier molecular flexibility index (Phi) is 6.28. The summed E-state index contributed by atoms with van der Waals surface area (Å²) in [4.78, 5) is 34.3. The minimum absolute atomic E-state index is 0.102. The van der Waals surface area contributed by atoms with E-state index in [0.29, 0.717) is 22.3 Å². The van der Waals surface area contributed by atoms with Crippen LogP contribution in [0.4, 0.5) is 0 Å². The van der Waals surface area contributed by atoms with Crippen molar-refractivity contribution in [3.05, 3.63) is 71.0 Å². The van der Waals surface area contributed by atoms with Gasteiger partial charge in [-0.15, -0.1) is 0 Å². The zero-order valence-electron chi connectivity index (χ0n) is 18.1. The van der Waals surface area contributed by atoms with Crippen molar-refractivity contribution in [3.8, 4) is 0 Å². The molecule has 0 unspecified atom stereocenters. The number of likely N-dealkylation sites (tertiary alicyclic amines) is 1. The summed E-state index contributed by atoms with van der Waals surface area (Å²) in [5.74, 6) is 0.0416. The number of carbonyl (C=O) groups excluding carboxylic acids is 2. The molecule has 1 aromatic carbocycles. The Hall–Kier alpha value is -2.97. The van der Waals surface area contributed by atoms with Gasteiger partial charge in [0.15, 0.2) is 0 Å². The first-order valence-corrected chi connectivity index (χ1v) is 12.3. The van der Waals surface area contributed by atoms with E-state index in [-0.39, 0.29) is 11.8 Å². The highest BCUT2D eigenvalue weighted by Crippen LogP contribution is 2.35. The lowest BCUT2D eigenvalue weighted by molar-refractivity contribution is -0.132. The molecule has 2 aliphatic heterocycles. The average Bonchev–Trinajstić information content (AvgIpc) is 3.32. The third-order valence-electron chi connectivity index (χ3n) is 6.06. The monoisotopic (exact) mass is 476 g/mol. The first kappa shape index (κ1) is 21.9. The van der Waals surface area contributed by atoms with Crippen molar-refractivity contribution in [2.24, 2.45) is 0 Å². The molecule has 2 amide bonds. The molecule has 0 saturated carbocycles. The van der Waals surface area contributed by atoms with Crippen molar-refractivity contribution < 1.29 is 9.59 Å². The number of carbonyl (C=O) groups is 2. The number of amides is 2. The van der Waals surface area contributed by atoms with Crippen molar-refractivity contribution in [3.63, 3.8) is 0 Å². The molecular formula is C25H24N4O2S2. The molecular weight excluding hydrogens is 452 g/mol. The lowest BCUT2D eigenvalue weighted by atomic mass is 10.1. The number of hydrogen-bond donors (Lipinski definition) is 0. The number of nitrogens with zero attached hydrogens (tertiary/aromatic N) is 4. The molecule has 2 saturated heterocycles. The standard InChI is InChI=1S/C25H24N4O2S2/c30-23(27-11-4-1-5-12-27)17-28-16-19(20-8-2-3-9-21(20)28)13-22-24(31)29(25(32)33-22)15-18-7-6-10-26-14-18/h2-3,6-10,13-14,16H,1,4-5,11-12,15,17H2/b22-13-. The SMILES string of the molecule is O=C(Cn1cc(/C=C2\SC(=S)N(Cc3cccnc3)C2=O)c2ccccc21)N1CCCCC1. The number of pyridine rings is 1. The fourth-order valence-corrected chi connectivity index (χ4v) is 5.61. The van der Waals surface area contributed by atoms with Crippen LogP contribution in [0.2, 0.25) is 0 Å². The van der Waals surface area contributed by atoms with Crippen LogP contribution in [-0.2, 0) is 22.7 Å². The third-order valence-corrected chi connectivity index (χ3v) is 7.44. The van der Waals surface area contributed by atoms with Crippen molar-refractivity contribution in [1.29, 1.82) is 0 Å². The zero-order valence-corrected chi connectivity index (χ0v) is 19.8. The van der Waals surface area contributed by atoms with Gasteiger partial charge in [0.05, 0.1) is 11.4 Å². The minimum atomic E-state index is -0.102. The average molecular weight is 477 g/mol. The van der Waals surface area contributed by atoms with E-state index in [0.717, 1.165) is 48.0 Å². The van der Waals surface area contributed by atoms with Gasteiger partial charge in [0.25, 0.3) is 5.91 Å². The summed E-state index contributed by atoms with van der Waals surface area (Å²) in [5, 5.41) is 1.02. The van der Waals surface area contributed by atoms with Crippen LogP contribution in [0, 0.1) is 0 Å². The van der Waals surface area contributed by atoms with E-state index in [2.05, 4.69) is 4.98 Å². The maximum Gasteiger partial charge on any atom is 0.266 e. The molecule has 3 aromatic rings. The van der Waals surface area contributed by atoms with Crippen molar-refractivity contribution in [2.75, 3.05) is 13.1 Å². The van der Waals surface area contributed by atoms with E-state index in [1.54, 1.807) is 17.3 Å². The normalized spacial score (nSPS) is 18.0. The summed E-state index contributed by atoms with van der Waals surface area (Å²) in [6.07, 6.45) is 10.7. The van der Waals surface area contributed by atoms with Crippen LogP contribution in [-0.4, -0.2) is 48.6 Å². The van der Waals surface area contributed by atoms with Crippen LogP contribution in [0.15, 0.2) is 59.9 Å². The molecule has 0 atom stereocenters. The lowest BCUT2D eigenvalue weighted by Gasteiger charge is -2.27. The minimum Gasteiger partial charge on any atom is -0.341 e. The van der Waals surface area contributed by atoms with Crippen LogP contribution in [0.25, 0.3) is 17.0 Å². The van der Waals surface area contributed by atoms with Gasteiger partial charge in [-0.3, -0.25) is 19.5 Å². The van der Waals surface area contributed by atoms with Crippen molar-refractivity contribution in [1.82, 2.24) is 19.4 Å². The van der Waals surface area contributed by atoms with Gasteiger partial charge < -0.3 is 9.47 Å². The number of thioether (sulfide) groups is 1. The Morgan fingerprint density at radius 1 is 1.12 bits per heavy atom. The summed E-state index contributed by atoms with van der Waals surface area (Å²) in [7, 11) is 0. The molecule has 0 aliphatic carbocycles. The number of thiocarbonyl (C=S) groups is 1. The second-order valence-electron chi connectivity index (χ2n) is 8.30. The lowest BCUT2D eigenvalue weighted by Crippen LogP contribution is -2.37. The Morgan fingerprint density at radius 2 is 1.94 bits per heavy atom. The van der Waals surface area contributed by atoms with E-state index in [1.807, 2.05) is 58.1 Å². The highest BCUT2D eigenvalue weighted by molar-refractivity contribution is 8.26. The number of para-hydroxylation sites is 1. The fraction of sp³-hybridized carbons (Fsp3) is 0.280. The molecule has 6 nitrogen and oxygen atoms in total. The maximum atomic E-state index is 13.1. The molecule has 168 valence electrons. The van der Waals surface area contributed by atoms with E-state index in [4.69, 9.17) is 12.2 Å². The maximum absolute atomic E-state index is 13.1. The quantitative estimate of drug-likeness (QED) is 0.402. The molecule has 0 bridgehead atoms. The highest BCUT2D eigenvalue weighted by Gasteiger charge is 2.32. The molecule has 2 aliphatic rings. The predicted octanol–water partition coefficient (Wildman–Crippen LogP) is 4.45. The smallest absolute Gasteiger partial charge is 0.266 e. The molecule has 2 aromatic heterocycles. The van der Waals surface area contributed by atoms with E-state index in [1.165, 1.54) is 18.2 Å². The third kappa shape index (κ3) is 4.58. The molecule has 0 radical (unpaired) electrons. The van der Waals surface area contributed by atoms with E-state index in [9.17, 15) is 9.59 Å². The number of rotatable bonds is 5. The fourth-order valence-electron chi connectivity index (χ4n) is 4.36. The van der Waals surface area contributed by atoms with Gasteiger partial charge in [0.2, 0.25) is 5.91 Å². The molecule has 0 spiro atoms.